The molecule has 38 heavy (non-hydrogen) atoms. The van der Waals surface area contributed by atoms with Crippen LogP contribution in [0.25, 0.3) is 0 Å². The van der Waals surface area contributed by atoms with Gasteiger partial charge in [0.1, 0.15) is 17.5 Å². The van der Waals surface area contributed by atoms with E-state index in [-0.39, 0.29) is 31.0 Å². The first-order chi connectivity index (χ1) is 18.4. The summed E-state index contributed by atoms with van der Waals surface area (Å²) >= 11 is 13.0. The number of amides is 2. The molecule has 4 rings (SSSR count). The largest absolute Gasteiger partial charge is 0.497 e. The molecule has 0 bridgehead atoms. The molecule has 1 aliphatic rings. The lowest BCUT2D eigenvalue weighted by Crippen LogP contribution is -2.53. The number of carbonyl (C=O) groups excluding carboxylic acids is 2. The summed E-state index contributed by atoms with van der Waals surface area (Å²) < 4.78 is 11.0. The molecule has 3 aromatic carbocycles. The number of ether oxygens (including phenoxy) is 2. The molecule has 0 aromatic heterocycles. The molecule has 1 atom stereocenters. The smallest absolute Gasteiger partial charge is 0.261 e. The van der Waals surface area contributed by atoms with Crippen molar-refractivity contribution in [3.8, 4) is 11.5 Å². The minimum atomic E-state index is -0.780. The molecule has 6 nitrogen and oxygen atoms in total. The zero-order valence-electron chi connectivity index (χ0n) is 21.4. The molecule has 0 saturated heterocycles. The van der Waals surface area contributed by atoms with Crippen molar-refractivity contribution in [3.05, 3.63) is 94.0 Å². The van der Waals surface area contributed by atoms with Crippen LogP contribution in [-0.4, -0.2) is 42.5 Å². The minimum absolute atomic E-state index is 0.0684. The van der Waals surface area contributed by atoms with E-state index in [1.54, 1.807) is 49.6 Å². The molecule has 1 unspecified atom stereocenters. The monoisotopic (exact) mass is 554 g/mol. The zero-order chi connectivity index (χ0) is 26.9. The van der Waals surface area contributed by atoms with Crippen LogP contribution in [0.4, 0.5) is 0 Å². The summed E-state index contributed by atoms with van der Waals surface area (Å²) in [7, 11) is 1.58. The summed E-state index contributed by atoms with van der Waals surface area (Å²) in [4.78, 5) is 29.0. The van der Waals surface area contributed by atoms with Crippen molar-refractivity contribution in [1.82, 2.24) is 10.2 Å². The number of halogens is 2. The number of carbonyl (C=O) groups is 2. The van der Waals surface area contributed by atoms with E-state index in [4.69, 9.17) is 32.7 Å². The molecule has 200 valence electrons. The average Bonchev–Trinajstić information content (AvgIpc) is 3.44. The lowest BCUT2D eigenvalue weighted by atomic mass is 10.0. The van der Waals surface area contributed by atoms with Crippen LogP contribution in [-0.2, 0) is 22.6 Å². The predicted octanol–water partition coefficient (Wildman–Crippen LogP) is 6.08. The van der Waals surface area contributed by atoms with E-state index in [0.29, 0.717) is 33.5 Å². The highest BCUT2D eigenvalue weighted by Gasteiger charge is 2.33. The van der Waals surface area contributed by atoms with Crippen LogP contribution in [0, 0.1) is 0 Å². The topological polar surface area (TPSA) is 67.9 Å². The predicted molar refractivity (Wildman–Crippen MR) is 150 cm³/mol. The van der Waals surface area contributed by atoms with Crippen molar-refractivity contribution >= 4 is 35.0 Å². The van der Waals surface area contributed by atoms with E-state index in [1.807, 2.05) is 30.3 Å². The second-order valence-corrected chi connectivity index (χ2v) is 10.2. The highest BCUT2D eigenvalue weighted by molar-refractivity contribution is 6.36. The summed E-state index contributed by atoms with van der Waals surface area (Å²) in [6.45, 7) is -0.185. The highest BCUT2D eigenvalue weighted by Crippen LogP contribution is 2.28. The van der Waals surface area contributed by atoms with Gasteiger partial charge in [-0.15, -0.1) is 0 Å². The number of methoxy groups -OCH3 is 1. The fraction of sp³-hybridized carbons (Fsp3) is 0.333. The maximum Gasteiger partial charge on any atom is 0.261 e. The van der Waals surface area contributed by atoms with Gasteiger partial charge in [0.2, 0.25) is 5.91 Å². The van der Waals surface area contributed by atoms with Gasteiger partial charge in [-0.05, 0) is 54.8 Å². The molecule has 0 heterocycles. The number of hydrogen-bond donors (Lipinski definition) is 1. The molecule has 1 aliphatic carbocycles. The second kappa shape index (κ2) is 13.5. The summed E-state index contributed by atoms with van der Waals surface area (Å²) in [5.74, 6) is 0.663. The van der Waals surface area contributed by atoms with Crippen LogP contribution in [0.2, 0.25) is 10.0 Å². The normalized spacial score (nSPS) is 14.1. The molecule has 0 aliphatic heterocycles. The molecule has 2 amide bonds. The first-order valence-electron chi connectivity index (χ1n) is 12.8. The van der Waals surface area contributed by atoms with Crippen molar-refractivity contribution < 1.29 is 19.1 Å². The summed E-state index contributed by atoms with van der Waals surface area (Å²) in [6.07, 6.45) is 4.39. The third-order valence-electron chi connectivity index (χ3n) is 6.78. The molecular weight excluding hydrogens is 523 g/mol. The van der Waals surface area contributed by atoms with Gasteiger partial charge < -0.3 is 19.7 Å². The highest BCUT2D eigenvalue weighted by atomic mass is 35.5. The molecule has 8 heteroatoms. The van der Waals surface area contributed by atoms with Gasteiger partial charge in [0, 0.05) is 34.6 Å². The van der Waals surface area contributed by atoms with Gasteiger partial charge >= 0.3 is 0 Å². The van der Waals surface area contributed by atoms with Crippen molar-refractivity contribution in [2.24, 2.45) is 0 Å². The third-order valence-corrected chi connectivity index (χ3v) is 7.49. The van der Waals surface area contributed by atoms with Gasteiger partial charge in [0.05, 0.1) is 7.11 Å². The summed E-state index contributed by atoms with van der Waals surface area (Å²) in [5.41, 5.74) is 1.53. The van der Waals surface area contributed by atoms with E-state index in [9.17, 15) is 9.59 Å². The summed E-state index contributed by atoms with van der Waals surface area (Å²) in [6, 6.07) is 21.2. The molecule has 1 fully saturated rings. The molecule has 1 saturated carbocycles. The minimum Gasteiger partial charge on any atom is -0.497 e. The summed E-state index contributed by atoms with van der Waals surface area (Å²) in [5, 5.41) is 4.05. The van der Waals surface area contributed by atoms with Crippen LogP contribution in [0.3, 0.4) is 0 Å². The van der Waals surface area contributed by atoms with Gasteiger partial charge in [-0.2, -0.15) is 0 Å². The Labute approximate surface area is 233 Å². The Morgan fingerprint density at radius 3 is 2.18 bits per heavy atom. The van der Waals surface area contributed by atoms with Crippen molar-refractivity contribution in [3.63, 3.8) is 0 Å². The lowest BCUT2D eigenvalue weighted by Gasteiger charge is -2.32. The SMILES string of the molecule is COc1ccc(OCC(=O)N(Cc2c(Cl)cccc2Cl)C(Cc2ccccc2)C(=O)NC2CCCC2)cc1. The maximum atomic E-state index is 13.8. The Morgan fingerprint density at radius 2 is 1.55 bits per heavy atom. The molecule has 1 N–H and O–H groups in total. The first-order valence-corrected chi connectivity index (χ1v) is 13.5. The maximum absolute atomic E-state index is 13.8. The zero-order valence-corrected chi connectivity index (χ0v) is 22.9. The molecular formula is C30H32Cl2N2O4. The van der Waals surface area contributed by atoms with E-state index in [1.165, 1.54) is 4.90 Å². The van der Waals surface area contributed by atoms with Crippen LogP contribution in [0.15, 0.2) is 72.8 Å². The fourth-order valence-electron chi connectivity index (χ4n) is 4.68. The standard InChI is InChI=1S/C30H32Cl2N2O4/c1-37-23-14-16-24(17-15-23)38-20-29(35)34(19-25-26(31)12-7-13-27(25)32)28(18-21-8-3-2-4-9-21)30(36)33-22-10-5-6-11-22/h2-4,7-9,12-17,22,28H,5-6,10-11,18-20H2,1H3,(H,33,36). The van der Waals surface area contributed by atoms with E-state index in [0.717, 1.165) is 31.2 Å². The van der Waals surface area contributed by atoms with Crippen LogP contribution in [0.1, 0.15) is 36.8 Å². The van der Waals surface area contributed by atoms with Crippen molar-refractivity contribution in [2.45, 2.75) is 50.7 Å². The van der Waals surface area contributed by atoms with Crippen molar-refractivity contribution in [1.29, 1.82) is 0 Å². The number of nitrogens with one attached hydrogen (secondary N) is 1. The second-order valence-electron chi connectivity index (χ2n) is 9.38. The lowest BCUT2D eigenvalue weighted by molar-refractivity contribution is -0.143. The van der Waals surface area contributed by atoms with Crippen LogP contribution < -0.4 is 14.8 Å². The van der Waals surface area contributed by atoms with Gasteiger partial charge in [-0.25, -0.2) is 0 Å². The molecule has 0 radical (unpaired) electrons. The Morgan fingerprint density at radius 1 is 0.921 bits per heavy atom. The Balaban J connectivity index is 1.63. The van der Waals surface area contributed by atoms with Gasteiger partial charge in [0.15, 0.2) is 6.61 Å². The fourth-order valence-corrected chi connectivity index (χ4v) is 5.19. The third kappa shape index (κ3) is 7.42. The van der Waals surface area contributed by atoms with E-state index >= 15 is 0 Å². The van der Waals surface area contributed by atoms with Gasteiger partial charge in [0.25, 0.3) is 5.91 Å². The average molecular weight is 556 g/mol. The van der Waals surface area contributed by atoms with Crippen LogP contribution in [0.5, 0.6) is 11.5 Å². The van der Waals surface area contributed by atoms with Crippen LogP contribution >= 0.6 is 23.2 Å². The van der Waals surface area contributed by atoms with Gasteiger partial charge in [-0.1, -0.05) is 72.4 Å². The van der Waals surface area contributed by atoms with E-state index in [2.05, 4.69) is 5.32 Å². The Kier molecular flexibility index (Phi) is 9.91. The number of nitrogens with zero attached hydrogens (tertiary/aromatic N) is 1. The van der Waals surface area contributed by atoms with Gasteiger partial charge in [-0.3, -0.25) is 9.59 Å². The first kappa shape index (κ1) is 27.8. The molecule has 0 spiro atoms. The number of benzene rings is 3. The Hall–Kier alpha value is -3.22. The number of hydrogen-bond acceptors (Lipinski definition) is 4. The molecule has 3 aromatic rings. The van der Waals surface area contributed by atoms with Crippen molar-refractivity contribution in [2.75, 3.05) is 13.7 Å². The quantitative estimate of drug-likeness (QED) is 0.312. The number of rotatable bonds is 11. The Bertz CT molecular complexity index is 1190. The van der Waals surface area contributed by atoms with E-state index < -0.39 is 6.04 Å².